The summed E-state index contributed by atoms with van der Waals surface area (Å²) in [4.78, 5) is 12.9. The van der Waals surface area contributed by atoms with Crippen LogP contribution in [0.2, 0.25) is 0 Å². The molecule has 0 saturated carbocycles. The molecule has 3 rings (SSSR count). The smallest absolute Gasteiger partial charge is 0.306 e. The van der Waals surface area contributed by atoms with Crippen LogP contribution >= 0.6 is 0 Å². The number of ether oxygens (including phenoxy) is 2. The minimum atomic E-state index is -3.55. The lowest BCUT2D eigenvalue weighted by Gasteiger charge is -2.28. The molecule has 1 amide bonds. The maximum atomic E-state index is 12.9. The van der Waals surface area contributed by atoms with E-state index in [1.165, 1.54) is 6.92 Å². The van der Waals surface area contributed by atoms with Gasteiger partial charge in [-0.25, -0.2) is 0 Å². The maximum absolute atomic E-state index is 12.9. The fourth-order valence-electron chi connectivity index (χ4n) is 3.69. The number of benzene rings is 3. The van der Waals surface area contributed by atoms with E-state index in [9.17, 15) is 18.3 Å². The summed E-state index contributed by atoms with van der Waals surface area (Å²) < 4.78 is 38.7. The van der Waals surface area contributed by atoms with Crippen molar-refractivity contribution in [2.24, 2.45) is 0 Å². The number of nitrogens with one attached hydrogen (secondary N) is 1. The topological polar surface area (TPSA) is 111 Å². The van der Waals surface area contributed by atoms with E-state index in [1.807, 2.05) is 37.3 Å². The second kappa shape index (κ2) is 12.7. The van der Waals surface area contributed by atoms with Crippen molar-refractivity contribution in [3.8, 4) is 11.5 Å². The van der Waals surface area contributed by atoms with Gasteiger partial charge in [-0.2, -0.15) is 8.42 Å². The fraction of sp³-hybridized carbons (Fsp3) is 0.321. The van der Waals surface area contributed by atoms with Gasteiger partial charge >= 0.3 is 10.1 Å². The quantitative estimate of drug-likeness (QED) is 0.258. The van der Waals surface area contributed by atoms with Crippen molar-refractivity contribution < 1.29 is 32.0 Å². The van der Waals surface area contributed by atoms with Crippen molar-refractivity contribution in [1.29, 1.82) is 0 Å². The first-order valence-electron chi connectivity index (χ1n) is 12.0. The van der Waals surface area contributed by atoms with E-state index in [4.69, 9.17) is 13.7 Å². The van der Waals surface area contributed by atoms with Gasteiger partial charge < -0.3 is 24.1 Å². The molecular formula is C28H33NO7S. The lowest BCUT2D eigenvalue weighted by atomic mass is 10.0. The number of amides is 1. The van der Waals surface area contributed by atoms with Gasteiger partial charge in [-0.3, -0.25) is 4.79 Å². The summed E-state index contributed by atoms with van der Waals surface area (Å²) in [6.45, 7) is 4.14. The van der Waals surface area contributed by atoms with E-state index in [1.54, 1.807) is 48.5 Å². The average molecular weight is 528 g/mol. The molecule has 0 aliphatic carbocycles. The maximum Gasteiger partial charge on any atom is 0.306 e. The van der Waals surface area contributed by atoms with Crippen LogP contribution < -0.4 is 14.2 Å². The fourth-order valence-corrected chi connectivity index (χ4v) is 4.15. The molecule has 198 valence electrons. The van der Waals surface area contributed by atoms with Crippen LogP contribution in [0.25, 0.3) is 0 Å². The Morgan fingerprint density at radius 1 is 0.946 bits per heavy atom. The molecule has 0 unspecified atom stereocenters. The van der Waals surface area contributed by atoms with Crippen molar-refractivity contribution in [3.05, 3.63) is 95.6 Å². The zero-order valence-corrected chi connectivity index (χ0v) is 22.0. The van der Waals surface area contributed by atoms with Crippen molar-refractivity contribution in [3.63, 3.8) is 0 Å². The number of hydrogen-bond donors (Lipinski definition) is 2. The Bertz CT molecular complexity index is 1240. The van der Waals surface area contributed by atoms with Gasteiger partial charge in [0, 0.05) is 25.0 Å². The highest BCUT2D eigenvalue weighted by Crippen LogP contribution is 2.19. The molecule has 0 heterocycles. The van der Waals surface area contributed by atoms with E-state index < -0.39 is 27.9 Å². The second-order valence-corrected chi connectivity index (χ2v) is 10.3. The molecule has 2 atom stereocenters. The standard InChI is InChI=1S/C28H33NO7S/c1-4-34-26(27(30)29-28(2,31)23-8-6-5-7-9-23)20-22-12-14-24(15-13-22)35-19-18-21-10-16-25(17-11-21)36-37(3,32)33/h5-17,26,31H,4,18-20H2,1-3H3,(H,29,30)/t26-,28-/m1/s1. The van der Waals surface area contributed by atoms with Crippen LogP contribution in [0.1, 0.15) is 30.5 Å². The van der Waals surface area contributed by atoms with Gasteiger partial charge in [-0.1, -0.05) is 54.6 Å². The van der Waals surface area contributed by atoms with E-state index in [-0.39, 0.29) is 5.75 Å². The predicted molar refractivity (Wildman–Crippen MR) is 141 cm³/mol. The first-order valence-corrected chi connectivity index (χ1v) is 13.8. The van der Waals surface area contributed by atoms with Crippen molar-refractivity contribution in [2.45, 2.75) is 38.5 Å². The van der Waals surface area contributed by atoms with Crippen LogP contribution in [0.3, 0.4) is 0 Å². The molecule has 0 aromatic heterocycles. The Morgan fingerprint density at radius 3 is 2.14 bits per heavy atom. The van der Waals surface area contributed by atoms with Crippen molar-refractivity contribution >= 4 is 16.0 Å². The molecule has 3 aromatic carbocycles. The van der Waals surface area contributed by atoms with Crippen molar-refractivity contribution in [2.75, 3.05) is 19.5 Å². The number of hydrogen-bond acceptors (Lipinski definition) is 7. The van der Waals surface area contributed by atoms with Crippen LogP contribution in [-0.2, 0) is 38.2 Å². The first kappa shape index (κ1) is 28.2. The Balaban J connectivity index is 1.52. The number of rotatable bonds is 13. The van der Waals surface area contributed by atoms with Gasteiger partial charge in [0.1, 0.15) is 17.6 Å². The van der Waals surface area contributed by atoms with Gasteiger partial charge in [-0.15, -0.1) is 0 Å². The molecular weight excluding hydrogens is 494 g/mol. The lowest BCUT2D eigenvalue weighted by molar-refractivity contribution is -0.140. The highest BCUT2D eigenvalue weighted by atomic mass is 32.2. The lowest BCUT2D eigenvalue weighted by Crippen LogP contribution is -2.49. The molecule has 0 bridgehead atoms. The molecule has 3 aromatic rings. The van der Waals surface area contributed by atoms with Crippen LogP contribution in [-0.4, -0.2) is 45.0 Å². The molecule has 0 aliphatic heterocycles. The molecule has 0 saturated heterocycles. The zero-order chi connectivity index (χ0) is 26.9. The molecule has 0 radical (unpaired) electrons. The molecule has 37 heavy (non-hydrogen) atoms. The average Bonchev–Trinajstić information content (AvgIpc) is 2.85. The van der Waals surface area contributed by atoms with Gasteiger partial charge in [-0.05, 0) is 49.2 Å². The summed E-state index contributed by atoms with van der Waals surface area (Å²) in [6.07, 6.45) is 1.21. The summed E-state index contributed by atoms with van der Waals surface area (Å²) in [5.41, 5.74) is 0.932. The van der Waals surface area contributed by atoms with Gasteiger partial charge in [0.05, 0.1) is 12.9 Å². The Morgan fingerprint density at radius 2 is 1.54 bits per heavy atom. The predicted octanol–water partition coefficient (Wildman–Crippen LogP) is 3.58. The van der Waals surface area contributed by atoms with Gasteiger partial charge in [0.25, 0.3) is 5.91 Å². The monoisotopic (exact) mass is 527 g/mol. The number of aliphatic hydroxyl groups is 1. The minimum Gasteiger partial charge on any atom is -0.493 e. The zero-order valence-electron chi connectivity index (χ0n) is 21.2. The highest BCUT2D eigenvalue weighted by molar-refractivity contribution is 7.86. The third-order valence-electron chi connectivity index (χ3n) is 5.54. The molecule has 0 aliphatic rings. The van der Waals surface area contributed by atoms with Crippen molar-refractivity contribution in [1.82, 2.24) is 5.32 Å². The third kappa shape index (κ3) is 9.20. The van der Waals surface area contributed by atoms with Crippen LogP contribution in [0.4, 0.5) is 0 Å². The highest BCUT2D eigenvalue weighted by Gasteiger charge is 2.29. The summed E-state index contributed by atoms with van der Waals surface area (Å²) in [6, 6.07) is 23.1. The summed E-state index contributed by atoms with van der Waals surface area (Å²) in [5.74, 6) is 0.555. The number of carbonyl (C=O) groups is 1. The van der Waals surface area contributed by atoms with Gasteiger partial charge in [0.2, 0.25) is 0 Å². The van der Waals surface area contributed by atoms with Gasteiger partial charge in [0.15, 0.2) is 5.72 Å². The Labute approximate surface area is 218 Å². The van der Waals surface area contributed by atoms with E-state index in [0.717, 1.165) is 17.4 Å². The molecule has 0 fully saturated rings. The Kier molecular flexibility index (Phi) is 9.68. The van der Waals surface area contributed by atoms with Crippen LogP contribution in [0.5, 0.6) is 11.5 Å². The summed E-state index contributed by atoms with van der Waals surface area (Å²) >= 11 is 0. The molecule has 8 nitrogen and oxygen atoms in total. The Hall–Kier alpha value is -3.40. The molecule has 2 N–H and O–H groups in total. The summed E-state index contributed by atoms with van der Waals surface area (Å²) in [5, 5.41) is 13.4. The van der Waals surface area contributed by atoms with Crippen LogP contribution in [0, 0.1) is 0 Å². The first-order chi connectivity index (χ1) is 17.6. The largest absolute Gasteiger partial charge is 0.493 e. The second-order valence-electron chi connectivity index (χ2n) is 8.75. The third-order valence-corrected chi connectivity index (χ3v) is 6.03. The molecule has 9 heteroatoms. The normalized spacial score (nSPS) is 13.8. The van der Waals surface area contributed by atoms with E-state index in [0.29, 0.717) is 37.4 Å². The van der Waals surface area contributed by atoms with Crippen LogP contribution in [0.15, 0.2) is 78.9 Å². The van der Waals surface area contributed by atoms with E-state index >= 15 is 0 Å². The SMILES string of the molecule is CCO[C@H](Cc1ccc(OCCc2ccc(OS(C)(=O)=O)cc2)cc1)C(=O)N[C@](C)(O)c1ccccc1. The number of carbonyl (C=O) groups excluding carboxylic acids is 1. The minimum absolute atomic E-state index is 0.269. The van der Waals surface area contributed by atoms with E-state index in [2.05, 4.69) is 5.32 Å². The molecule has 0 spiro atoms. The summed E-state index contributed by atoms with van der Waals surface area (Å²) in [7, 11) is -3.55.